The molecule has 3 nitrogen and oxygen atoms in total. The maximum atomic E-state index is 9.14. The van der Waals surface area contributed by atoms with Gasteiger partial charge in [-0.25, -0.2) is 0 Å². The first-order valence-electron chi connectivity index (χ1n) is 3.39. The van der Waals surface area contributed by atoms with Gasteiger partial charge in [-0.05, 0) is 19.3 Å². The fourth-order valence-corrected chi connectivity index (χ4v) is 1.20. The van der Waals surface area contributed by atoms with Gasteiger partial charge in [-0.15, -0.1) is 0 Å². The van der Waals surface area contributed by atoms with E-state index in [9.17, 15) is 0 Å². The van der Waals surface area contributed by atoms with Crippen molar-refractivity contribution in [1.82, 2.24) is 0 Å². The summed E-state index contributed by atoms with van der Waals surface area (Å²) in [6, 6.07) is 0.129. The summed E-state index contributed by atoms with van der Waals surface area (Å²) in [6.45, 7) is 0. The Morgan fingerprint density at radius 2 is 1.89 bits per heavy atom. The molecule has 1 aliphatic rings. The standard InChI is InChI=1S/C6H14N2O/c7-4-1-2-5(8)6(9)3-4/h4-6,9H,1-3,7-8H2/t4-,5-,6?/m0/s1. The van der Waals surface area contributed by atoms with Crippen molar-refractivity contribution >= 4 is 0 Å². The minimum Gasteiger partial charge on any atom is -0.391 e. The molecule has 1 rings (SSSR count). The largest absolute Gasteiger partial charge is 0.391 e. The van der Waals surface area contributed by atoms with E-state index in [1.807, 2.05) is 0 Å². The minimum absolute atomic E-state index is 0.0372. The van der Waals surface area contributed by atoms with Crippen LogP contribution in [0.3, 0.4) is 0 Å². The quantitative estimate of drug-likeness (QED) is 0.401. The summed E-state index contributed by atoms with van der Waals surface area (Å²) in [4.78, 5) is 0. The molecule has 1 aliphatic carbocycles. The van der Waals surface area contributed by atoms with Gasteiger partial charge in [0.2, 0.25) is 0 Å². The van der Waals surface area contributed by atoms with E-state index in [4.69, 9.17) is 16.6 Å². The summed E-state index contributed by atoms with van der Waals surface area (Å²) in [6.07, 6.45) is 2.12. The summed E-state index contributed by atoms with van der Waals surface area (Å²) < 4.78 is 0. The van der Waals surface area contributed by atoms with Crippen LogP contribution >= 0.6 is 0 Å². The van der Waals surface area contributed by atoms with E-state index in [0.717, 1.165) is 12.8 Å². The van der Waals surface area contributed by atoms with Crippen LogP contribution in [0, 0.1) is 0 Å². The average molecular weight is 130 g/mol. The van der Waals surface area contributed by atoms with E-state index in [1.165, 1.54) is 0 Å². The molecule has 0 spiro atoms. The number of hydrogen-bond donors (Lipinski definition) is 3. The lowest BCUT2D eigenvalue weighted by molar-refractivity contribution is 0.0993. The Bertz CT molecular complexity index is 97.1. The van der Waals surface area contributed by atoms with Crippen molar-refractivity contribution in [2.45, 2.75) is 37.5 Å². The average Bonchev–Trinajstić information content (AvgIpc) is 1.80. The Balaban J connectivity index is 2.35. The second-order valence-corrected chi connectivity index (χ2v) is 2.80. The molecule has 0 aliphatic heterocycles. The first kappa shape index (κ1) is 6.99. The molecule has 3 heteroatoms. The molecule has 54 valence electrons. The summed E-state index contributed by atoms with van der Waals surface area (Å²) in [5.74, 6) is 0. The minimum atomic E-state index is -0.367. The molecule has 9 heavy (non-hydrogen) atoms. The molecule has 0 radical (unpaired) electrons. The summed E-state index contributed by atoms with van der Waals surface area (Å²) in [5, 5.41) is 9.14. The summed E-state index contributed by atoms with van der Waals surface area (Å²) in [7, 11) is 0. The van der Waals surface area contributed by atoms with Crippen LogP contribution in [0.15, 0.2) is 0 Å². The monoisotopic (exact) mass is 130 g/mol. The van der Waals surface area contributed by atoms with E-state index >= 15 is 0 Å². The predicted octanol–water partition coefficient (Wildman–Crippen LogP) is -0.814. The molecule has 5 N–H and O–H groups in total. The highest BCUT2D eigenvalue weighted by Gasteiger charge is 2.23. The predicted molar refractivity (Wildman–Crippen MR) is 35.8 cm³/mol. The number of hydrogen-bond acceptors (Lipinski definition) is 3. The fraction of sp³-hybridized carbons (Fsp3) is 1.00. The van der Waals surface area contributed by atoms with E-state index in [2.05, 4.69) is 0 Å². The third-order valence-electron chi connectivity index (χ3n) is 1.91. The smallest absolute Gasteiger partial charge is 0.0705 e. The van der Waals surface area contributed by atoms with Crippen molar-refractivity contribution in [3.8, 4) is 0 Å². The Labute approximate surface area is 55.0 Å². The van der Waals surface area contributed by atoms with Crippen LogP contribution in [0.5, 0.6) is 0 Å². The van der Waals surface area contributed by atoms with Crippen molar-refractivity contribution < 1.29 is 5.11 Å². The van der Waals surface area contributed by atoms with E-state index in [-0.39, 0.29) is 18.2 Å². The summed E-state index contributed by atoms with van der Waals surface area (Å²) >= 11 is 0. The second kappa shape index (κ2) is 2.64. The topological polar surface area (TPSA) is 72.3 Å². The Morgan fingerprint density at radius 3 is 2.33 bits per heavy atom. The molecular formula is C6H14N2O. The lowest BCUT2D eigenvalue weighted by Gasteiger charge is -2.28. The zero-order valence-corrected chi connectivity index (χ0v) is 5.46. The van der Waals surface area contributed by atoms with E-state index < -0.39 is 0 Å². The van der Waals surface area contributed by atoms with E-state index in [0.29, 0.717) is 6.42 Å². The molecule has 0 aromatic rings. The van der Waals surface area contributed by atoms with E-state index in [1.54, 1.807) is 0 Å². The zero-order chi connectivity index (χ0) is 6.85. The molecule has 1 saturated carbocycles. The highest BCUT2D eigenvalue weighted by atomic mass is 16.3. The van der Waals surface area contributed by atoms with Crippen molar-refractivity contribution in [2.75, 3.05) is 0 Å². The van der Waals surface area contributed by atoms with Gasteiger partial charge in [-0.2, -0.15) is 0 Å². The third kappa shape index (κ3) is 1.64. The van der Waals surface area contributed by atoms with Gasteiger partial charge in [0.1, 0.15) is 0 Å². The third-order valence-corrected chi connectivity index (χ3v) is 1.91. The highest BCUT2D eigenvalue weighted by Crippen LogP contribution is 2.15. The molecule has 0 saturated heterocycles. The van der Waals surface area contributed by atoms with Crippen LogP contribution in [-0.4, -0.2) is 23.3 Å². The molecule has 0 aromatic heterocycles. The van der Waals surface area contributed by atoms with Crippen LogP contribution in [0.25, 0.3) is 0 Å². The number of aliphatic hydroxyl groups excluding tert-OH is 1. The Morgan fingerprint density at radius 1 is 1.22 bits per heavy atom. The fourth-order valence-electron chi connectivity index (χ4n) is 1.20. The molecule has 1 unspecified atom stereocenters. The second-order valence-electron chi connectivity index (χ2n) is 2.80. The number of nitrogens with two attached hydrogens (primary N) is 2. The Kier molecular flexibility index (Phi) is 2.05. The van der Waals surface area contributed by atoms with Gasteiger partial charge < -0.3 is 16.6 Å². The lowest BCUT2D eigenvalue weighted by atomic mass is 9.90. The van der Waals surface area contributed by atoms with Gasteiger partial charge in [-0.1, -0.05) is 0 Å². The zero-order valence-electron chi connectivity index (χ0n) is 5.46. The first-order chi connectivity index (χ1) is 4.20. The van der Waals surface area contributed by atoms with Crippen molar-refractivity contribution in [1.29, 1.82) is 0 Å². The lowest BCUT2D eigenvalue weighted by Crippen LogP contribution is -2.44. The van der Waals surface area contributed by atoms with Gasteiger partial charge in [0.05, 0.1) is 6.10 Å². The van der Waals surface area contributed by atoms with Crippen LogP contribution in [-0.2, 0) is 0 Å². The van der Waals surface area contributed by atoms with Gasteiger partial charge in [0.25, 0.3) is 0 Å². The van der Waals surface area contributed by atoms with Gasteiger partial charge in [-0.3, -0.25) is 0 Å². The molecule has 1 fully saturated rings. The molecule has 0 bridgehead atoms. The highest BCUT2D eigenvalue weighted by molar-refractivity contribution is 4.83. The molecule has 3 atom stereocenters. The molecular weight excluding hydrogens is 116 g/mol. The first-order valence-corrected chi connectivity index (χ1v) is 3.39. The molecule has 0 amide bonds. The van der Waals surface area contributed by atoms with Crippen LogP contribution in [0.1, 0.15) is 19.3 Å². The normalized spacial score (nSPS) is 45.0. The van der Waals surface area contributed by atoms with Crippen molar-refractivity contribution in [2.24, 2.45) is 11.5 Å². The van der Waals surface area contributed by atoms with Crippen LogP contribution < -0.4 is 11.5 Å². The molecule has 0 aromatic carbocycles. The van der Waals surface area contributed by atoms with Crippen LogP contribution in [0.4, 0.5) is 0 Å². The maximum absolute atomic E-state index is 9.14. The number of aliphatic hydroxyl groups is 1. The van der Waals surface area contributed by atoms with Gasteiger partial charge >= 0.3 is 0 Å². The maximum Gasteiger partial charge on any atom is 0.0705 e. The van der Waals surface area contributed by atoms with Crippen molar-refractivity contribution in [3.05, 3.63) is 0 Å². The van der Waals surface area contributed by atoms with Gasteiger partial charge in [0, 0.05) is 12.1 Å². The van der Waals surface area contributed by atoms with Crippen LogP contribution in [0.2, 0.25) is 0 Å². The number of rotatable bonds is 0. The SMILES string of the molecule is N[C@H]1CC[C@H](N)C(O)C1. The summed E-state index contributed by atoms with van der Waals surface area (Å²) in [5.41, 5.74) is 11.1. The Hall–Kier alpha value is -0.120. The van der Waals surface area contributed by atoms with Gasteiger partial charge in [0.15, 0.2) is 0 Å². The van der Waals surface area contributed by atoms with Crippen molar-refractivity contribution in [3.63, 3.8) is 0 Å². The molecule has 0 heterocycles.